The lowest BCUT2D eigenvalue weighted by Gasteiger charge is -2.36. The lowest BCUT2D eigenvalue weighted by Crippen LogP contribution is -2.60. The zero-order valence-electron chi connectivity index (χ0n) is 28.1. The van der Waals surface area contributed by atoms with Crippen LogP contribution in [-0.2, 0) is 36.8 Å². The SMILES string of the molecule is CC(C)C[C@@H](NC(=O)[C@@H](Cc1ccccc1)NC(=O)[C@H](N)Cc1ccccc1)C(=O)N[C@H](CCCN)C(=O)N1CCN(CC(N)=O)CC1. The van der Waals surface area contributed by atoms with E-state index in [1.54, 1.807) is 4.90 Å². The van der Waals surface area contributed by atoms with E-state index in [0.29, 0.717) is 58.4 Å². The number of nitrogens with one attached hydrogen (secondary N) is 3. The maximum absolute atomic E-state index is 13.8. The normalized spacial score (nSPS) is 16.0. The second-order valence-corrected chi connectivity index (χ2v) is 12.8. The predicted octanol–water partition coefficient (Wildman–Crippen LogP) is -0.332. The average Bonchev–Trinajstić information content (AvgIpc) is 3.06. The van der Waals surface area contributed by atoms with Crippen LogP contribution in [-0.4, -0.2) is 103 Å². The van der Waals surface area contributed by atoms with Gasteiger partial charge in [0.15, 0.2) is 0 Å². The molecule has 1 aliphatic rings. The van der Waals surface area contributed by atoms with Crippen LogP contribution >= 0.6 is 0 Å². The van der Waals surface area contributed by atoms with Crippen molar-refractivity contribution >= 4 is 29.5 Å². The summed E-state index contributed by atoms with van der Waals surface area (Å²) >= 11 is 0. The molecule has 13 heteroatoms. The third-order valence-corrected chi connectivity index (χ3v) is 8.27. The third kappa shape index (κ3) is 12.7. The second-order valence-electron chi connectivity index (χ2n) is 12.8. The first-order valence-electron chi connectivity index (χ1n) is 16.7. The summed E-state index contributed by atoms with van der Waals surface area (Å²) in [4.78, 5) is 69.3. The number of hydrogen-bond donors (Lipinski definition) is 6. The second kappa shape index (κ2) is 19.5. The number of carbonyl (C=O) groups is 5. The summed E-state index contributed by atoms with van der Waals surface area (Å²) in [7, 11) is 0. The van der Waals surface area contributed by atoms with E-state index >= 15 is 0 Å². The Bertz CT molecular complexity index is 1340. The Labute approximate surface area is 283 Å². The zero-order chi connectivity index (χ0) is 35.1. The van der Waals surface area contributed by atoms with Gasteiger partial charge in [-0.15, -0.1) is 0 Å². The number of piperazine rings is 1. The highest BCUT2D eigenvalue weighted by Gasteiger charge is 2.33. The predicted molar refractivity (Wildman–Crippen MR) is 184 cm³/mol. The van der Waals surface area contributed by atoms with Crippen LogP contribution in [0.4, 0.5) is 0 Å². The minimum atomic E-state index is -1.00. The molecule has 0 aliphatic carbocycles. The molecule has 0 unspecified atom stereocenters. The van der Waals surface area contributed by atoms with Gasteiger partial charge >= 0.3 is 0 Å². The first-order valence-corrected chi connectivity index (χ1v) is 16.7. The molecular weight excluding hydrogens is 612 g/mol. The molecule has 0 saturated carbocycles. The van der Waals surface area contributed by atoms with E-state index in [-0.39, 0.29) is 24.8 Å². The van der Waals surface area contributed by atoms with Crippen molar-refractivity contribution in [1.82, 2.24) is 25.8 Å². The molecule has 1 fully saturated rings. The fourth-order valence-corrected chi connectivity index (χ4v) is 5.69. The van der Waals surface area contributed by atoms with Crippen LogP contribution in [0, 0.1) is 5.92 Å². The summed E-state index contributed by atoms with van der Waals surface area (Å²) in [5.41, 5.74) is 19.0. The fraction of sp³-hybridized carbons (Fsp3) is 0.514. The Morgan fingerprint density at radius 2 is 1.25 bits per heavy atom. The van der Waals surface area contributed by atoms with Gasteiger partial charge in [0.1, 0.15) is 18.1 Å². The van der Waals surface area contributed by atoms with Gasteiger partial charge < -0.3 is 38.1 Å². The molecule has 1 aliphatic heterocycles. The van der Waals surface area contributed by atoms with Crippen LogP contribution in [0.3, 0.4) is 0 Å². The highest BCUT2D eigenvalue weighted by Crippen LogP contribution is 2.12. The van der Waals surface area contributed by atoms with E-state index in [4.69, 9.17) is 17.2 Å². The molecule has 0 aromatic heterocycles. The number of nitrogens with zero attached hydrogens (tertiary/aromatic N) is 2. The molecule has 0 spiro atoms. The molecule has 9 N–H and O–H groups in total. The molecule has 5 amide bonds. The summed E-state index contributed by atoms with van der Waals surface area (Å²) in [5.74, 6) is -2.16. The van der Waals surface area contributed by atoms with E-state index < -0.39 is 47.8 Å². The summed E-state index contributed by atoms with van der Waals surface area (Å²) in [5, 5.41) is 8.56. The number of hydrogen-bond acceptors (Lipinski definition) is 8. The summed E-state index contributed by atoms with van der Waals surface area (Å²) in [6.07, 6.45) is 1.63. The van der Waals surface area contributed by atoms with Crippen LogP contribution in [0.5, 0.6) is 0 Å². The van der Waals surface area contributed by atoms with Crippen LogP contribution in [0.15, 0.2) is 60.7 Å². The van der Waals surface area contributed by atoms with Crippen LogP contribution in [0.2, 0.25) is 0 Å². The van der Waals surface area contributed by atoms with Crippen molar-refractivity contribution in [3.8, 4) is 0 Å². The lowest BCUT2D eigenvalue weighted by molar-refractivity contribution is -0.139. The minimum absolute atomic E-state index is 0.0269. The zero-order valence-corrected chi connectivity index (χ0v) is 28.1. The average molecular weight is 665 g/mol. The van der Waals surface area contributed by atoms with Gasteiger partial charge in [0.2, 0.25) is 29.5 Å². The topological polar surface area (TPSA) is 206 Å². The van der Waals surface area contributed by atoms with Crippen LogP contribution in [0.1, 0.15) is 44.2 Å². The molecule has 4 atom stereocenters. The van der Waals surface area contributed by atoms with Crippen molar-refractivity contribution in [2.45, 2.75) is 70.1 Å². The van der Waals surface area contributed by atoms with Gasteiger partial charge in [0.25, 0.3) is 0 Å². The monoisotopic (exact) mass is 664 g/mol. The van der Waals surface area contributed by atoms with Crippen molar-refractivity contribution in [1.29, 1.82) is 0 Å². The fourth-order valence-electron chi connectivity index (χ4n) is 5.69. The van der Waals surface area contributed by atoms with Crippen LogP contribution in [0.25, 0.3) is 0 Å². The first kappa shape index (κ1) is 38.1. The quantitative estimate of drug-likeness (QED) is 0.124. The van der Waals surface area contributed by atoms with Crippen molar-refractivity contribution in [3.63, 3.8) is 0 Å². The van der Waals surface area contributed by atoms with Gasteiger partial charge in [-0.1, -0.05) is 74.5 Å². The van der Waals surface area contributed by atoms with E-state index in [9.17, 15) is 24.0 Å². The van der Waals surface area contributed by atoms with Gasteiger partial charge in [-0.25, -0.2) is 0 Å². The first-order chi connectivity index (χ1) is 23.0. The molecule has 2 aromatic rings. The van der Waals surface area contributed by atoms with Crippen molar-refractivity contribution in [2.75, 3.05) is 39.3 Å². The molecule has 0 radical (unpaired) electrons. The largest absolute Gasteiger partial charge is 0.369 e. The van der Waals surface area contributed by atoms with Gasteiger partial charge in [-0.2, -0.15) is 0 Å². The molecule has 1 saturated heterocycles. The Balaban J connectivity index is 1.73. The van der Waals surface area contributed by atoms with Crippen molar-refractivity contribution in [3.05, 3.63) is 71.8 Å². The van der Waals surface area contributed by atoms with E-state index in [0.717, 1.165) is 11.1 Å². The molecule has 2 aromatic carbocycles. The molecule has 1 heterocycles. The summed E-state index contributed by atoms with van der Waals surface area (Å²) in [6.45, 7) is 6.08. The third-order valence-electron chi connectivity index (χ3n) is 8.27. The molecule has 0 bridgehead atoms. The van der Waals surface area contributed by atoms with Gasteiger partial charge in [-0.3, -0.25) is 28.9 Å². The number of rotatable bonds is 18. The number of nitrogens with two attached hydrogens (primary N) is 3. The number of carbonyl (C=O) groups excluding carboxylic acids is 5. The highest BCUT2D eigenvalue weighted by atomic mass is 16.2. The Kier molecular flexibility index (Phi) is 15.5. The van der Waals surface area contributed by atoms with E-state index in [2.05, 4.69) is 16.0 Å². The van der Waals surface area contributed by atoms with Crippen molar-refractivity contribution in [2.24, 2.45) is 23.1 Å². The lowest BCUT2D eigenvalue weighted by atomic mass is 9.99. The number of benzene rings is 2. The minimum Gasteiger partial charge on any atom is -0.369 e. The van der Waals surface area contributed by atoms with Crippen LogP contribution < -0.4 is 33.2 Å². The standard InChI is InChI=1S/C35H52N8O5/c1-24(2)20-29(33(46)39-28(14-9-15-36)35(48)43-18-16-42(17-19-43)23-31(38)44)41-34(47)30(22-26-12-7-4-8-13-26)40-32(45)27(37)21-25-10-5-3-6-11-25/h3-8,10-13,24,27-30H,9,14-23,36-37H2,1-2H3,(H2,38,44)(H,39,46)(H,40,45)(H,41,47)/t27-,28-,29-,30-/m1/s1. The Hall–Kier alpha value is -4.33. The number of primary amides is 1. The summed E-state index contributed by atoms with van der Waals surface area (Å²) in [6, 6.07) is 14.9. The molecular formula is C35H52N8O5. The van der Waals surface area contributed by atoms with E-state index in [1.807, 2.05) is 79.4 Å². The molecule has 3 rings (SSSR count). The molecule has 262 valence electrons. The maximum Gasteiger partial charge on any atom is 0.245 e. The smallest absolute Gasteiger partial charge is 0.245 e. The molecule has 48 heavy (non-hydrogen) atoms. The molecule has 13 nitrogen and oxygen atoms in total. The number of amides is 5. The highest BCUT2D eigenvalue weighted by molar-refractivity contribution is 5.95. The Morgan fingerprint density at radius 1 is 0.729 bits per heavy atom. The van der Waals surface area contributed by atoms with Gasteiger partial charge in [0, 0.05) is 32.6 Å². The van der Waals surface area contributed by atoms with Crippen molar-refractivity contribution < 1.29 is 24.0 Å². The maximum atomic E-state index is 13.8. The summed E-state index contributed by atoms with van der Waals surface area (Å²) < 4.78 is 0. The van der Waals surface area contributed by atoms with E-state index in [1.165, 1.54) is 0 Å². The van der Waals surface area contributed by atoms with Gasteiger partial charge in [-0.05, 0) is 49.3 Å². The Morgan fingerprint density at radius 3 is 1.79 bits per heavy atom. The van der Waals surface area contributed by atoms with Gasteiger partial charge in [0.05, 0.1) is 12.6 Å².